The fourth-order valence-corrected chi connectivity index (χ4v) is 6.47. The summed E-state index contributed by atoms with van der Waals surface area (Å²) in [6.07, 6.45) is 4.13. The van der Waals surface area contributed by atoms with Crippen molar-refractivity contribution >= 4 is 44.3 Å². The molecular formula is C21H23N3O3S3. The van der Waals surface area contributed by atoms with Crippen LogP contribution < -0.4 is 5.32 Å². The van der Waals surface area contributed by atoms with Crippen LogP contribution in [0.5, 0.6) is 0 Å². The third-order valence-corrected chi connectivity index (χ3v) is 8.54. The molecule has 158 valence electrons. The molecule has 0 atom stereocenters. The van der Waals surface area contributed by atoms with E-state index >= 15 is 0 Å². The minimum Gasteiger partial charge on any atom is -0.326 e. The molecule has 1 saturated heterocycles. The van der Waals surface area contributed by atoms with Gasteiger partial charge in [-0.3, -0.25) is 4.79 Å². The van der Waals surface area contributed by atoms with Crippen LogP contribution in [0.15, 0.2) is 51.4 Å². The summed E-state index contributed by atoms with van der Waals surface area (Å²) in [6, 6.07) is 8.41. The van der Waals surface area contributed by atoms with E-state index in [1.807, 2.05) is 22.2 Å². The van der Waals surface area contributed by atoms with Crippen LogP contribution in [0.25, 0.3) is 10.6 Å². The van der Waals surface area contributed by atoms with E-state index in [2.05, 4.69) is 10.3 Å². The largest absolute Gasteiger partial charge is 0.326 e. The van der Waals surface area contributed by atoms with Gasteiger partial charge in [-0.15, -0.1) is 11.3 Å². The zero-order valence-corrected chi connectivity index (χ0v) is 18.9. The molecule has 1 aliphatic heterocycles. The van der Waals surface area contributed by atoms with Crippen molar-refractivity contribution in [3.63, 3.8) is 0 Å². The number of hydrogen-bond donors (Lipinski definition) is 1. The number of rotatable bonds is 6. The number of nitrogens with zero attached hydrogens (tertiary/aromatic N) is 2. The van der Waals surface area contributed by atoms with Crippen LogP contribution in [-0.4, -0.2) is 36.7 Å². The monoisotopic (exact) mass is 461 g/mol. The van der Waals surface area contributed by atoms with Gasteiger partial charge in [-0.1, -0.05) is 12.8 Å². The molecule has 4 rings (SSSR count). The zero-order chi connectivity index (χ0) is 21.0. The van der Waals surface area contributed by atoms with Crippen molar-refractivity contribution in [1.82, 2.24) is 9.29 Å². The van der Waals surface area contributed by atoms with Crippen molar-refractivity contribution in [2.45, 2.75) is 37.0 Å². The number of benzene rings is 1. The Balaban J connectivity index is 1.38. The summed E-state index contributed by atoms with van der Waals surface area (Å²) in [5.41, 5.74) is 2.36. The smallest absolute Gasteiger partial charge is 0.243 e. The molecule has 2 aromatic heterocycles. The molecule has 0 saturated carbocycles. The minimum absolute atomic E-state index is 0.175. The van der Waals surface area contributed by atoms with Gasteiger partial charge in [0.1, 0.15) is 5.01 Å². The maximum absolute atomic E-state index is 12.8. The number of carbonyl (C=O) groups excluding carboxylic acids is 1. The molecule has 1 aromatic carbocycles. The summed E-state index contributed by atoms with van der Waals surface area (Å²) in [6.45, 7) is 1.14. The van der Waals surface area contributed by atoms with Gasteiger partial charge in [-0.2, -0.15) is 15.6 Å². The average molecular weight is 462 g/mol. The van der Waals surface area contributed by atoms with Gasteiger partial charge >= 0.3 is 0 Å². The van der Waals surface area contributed by atoms with Gasteiger partial charge in [0.2, 0.25) is 15.9 Å². The summed E-state index contributed by atoms with van der Waals surface area (Å²) >= 11 is 3.13. The number of sulfonamides is 1. The van der Waals surface area contributed by atoms with E-state index in [4.69, 9.17) is 0 Å². The number of carbonyl (C=O) groups is 1. The summed E-state index contributed by atoms with van der Waals surface area (Å²) in [7, 11) is -3.49. The molecule has 0 radical (unpaired) electrons. The Morgan fingerprint density at radius 3 is 2.43 bits per heavy atom. The summed E-state index contributed by atoms with van der Waals surface area (Å²) in [5.74, 6) is -0.180. The number of hydrogen-bond acceptors (Lipinski definition) is 6. The molecule has 0 unspecified atom stereocenters. The second-order valence-corrected chi connectivity index (χ2v) is 10.8. The summed E-state index contributed by atoms with van der Waals surface area (Å²) < 4.78 is 27.3. The first-order chi connectivity index (χ1) is 14.5. The number of thiophene rings is 1. The molecule has 0 bridgehead atoms. The van der Waals surface area contributed by atoms with Crippen molar-refractivity contribution in [3.05, 3.63) is 52.2 Å². The molecule has 1 fully saturated rings. The predicted octanol–water partition coefficient (Wildman–Crippen LogP) is 4.62. The van der Waals surface area contributed by atoms with Crippen LogP contribution in [0, 0.1) is 0 Å². The number of thiazole rings is 1. The highest BCUT2D eigenvalue weighted by Crippen LogP contribution is 2.26. The highest BCUT2D eigenvalue weighted by Gasteiger charge is 2.25. The fraction of sp³-hybridized carbons (Fsp3) is 0.333. The molecule has 3 aromatic rings. The molecule has 30 heavy (non-hydrogen) atoms. The van der Waals surface area contributed by atoms with Crippen molar-refractivity contribution < 1.29 is 13.2 Å². The molecule has 1 N–H and O–H groups in total. The number of anilines is 1. The lowest BCUT2D eigenvalue weighted by atomic mass is 10.2. The van der Waals surface area contributed by atoms with Gasteiger partial charge in [0, 0.05) is 35.1 Å². The minimum atomic E-state index is -3.49. The van der Waals surface area contributed by atoms with E-state index in [-0.39, 0.29) is 17.2 Å². The Kier molecular flexibility index (Phi) is 6.62. The van der Waals surface area contributed by atoms with Crippen LogP contribution in [0.4, 0.5) is 5.69 Å². The van der Waals surface area contributed by atoms with E-state index in [1.165, 1.54) is 11.3 Å². The van der Waals surface area contributed by atoms with Crippen LogP contribution in [0.3, 0.4) is 0 Å². The Bertz CT molecular complexity index is 1080. The third kappa shape index (κ3) is 4.97. The van der Waals surface area contributed by atoms with E-state index in [1.54, 1.807) is 39.9 Å². The zero-order valence-electron chi connectivity index (χ0n) is 16.4. The van der Waals surface area contributed by atoms with Crippen molar-refractivity contribution in [2.24, 2.45) is 0 Å². The molecule has 9 heteroatoms. The summed E-state index contributed by atoms with van der Waals surface area (Å²) in [5, 5.41) is 9.65. The predicted molar refractivity (Wildman–Crippen MR) is 121 cm³/mol. The maximum Gasteiger partial charge on any atom is 0.243 e. The Morgan fingerprint density at radius 1 is 1.03 bits per heavy atom. The Labute approximate surface area is 184 Å². The highest BCUT2D eigenvalue weighted by molar-refractivity contribution is 7.89. The number of nitrogens with one attached hydrogen (secondary N) is 1. The summed E-state index contributed by atoms with van der Waals surface area (Å²) in [4.78, 5) is 17.2. The van der Waals surface area contributed by atoms with Gasteiger partial charge in [0.25, 0.3) is 0 Å². The van der Waals surface area contributed by atoms with E-state index in [9.17, 15) is 13.2 Å². The normalized spacial score (nSPS) is 15.6. The van der Waals surface area contributed by atoms with Crippen LogP contribution in [0.1, 0.15) is 31.4 Å². The Hall–Kier alpha value is -2.07. The SMILES string of the molecule is O=C(Cc1csc(-c2ccsc2)n1)Nc1ccc(S(=O)(=O)N2CCCCCC2)cc1. The Morgan fingerprint density at radius 2 is 1.77 bits per heavy atom. The number of amides is 1. The average Bonchev–Trinajstić information content (AvgIpc) is 3.34. The molecule has 3 heterocycles. The molecule has 0 aliphatic carbocycles. The first-order valence-corrected chi connectivity index (χ1v) is 13.2. The third-order valence-electron chi connectivity index (χ3n) is 5.00. The lowest BCUT2D eigenvalue weighted by Gasteiger charge is -2.20. The quantitative estimate of drug-likeness (QED) is 0.581. The van der Waals surface area contributed by atoms with Gasteiger partial charge in [0.15, 0.2) is 0 Å². The number of aromatic nitrogens is 1. The van der Waals surface area contributed by atoms with Gasteiger partial charge in [0.05, 0.1) is 17.0 Å². The van der Waals surface area contributed by atoms with Crippen molar-refractivity contribution in [3.8, 4) is 10.6 Å². The van der Waals surface area contributed by atoms with Crippen LogP contribution in [0.2, 0.25) is 0 Å². The lowest BCUT2D eigenvalue weighted by Crippen LogP contribution is -2.31. The lowest BCUT2D eigenvalue weighted by molar-refractivity contribution is -0.115. The second kappa shape index (κ2) is 9.38. The van der Waals surface area contributed by atoms with Crippen molar-refractivity contribution in [1.29, 1.82) is 0 Å². The highest BCUT2D eigenvalue weighted by atomic mass is 32.2. The first kappa shape index (κ1) is 21.2. The first-order valence-electron chi connectivity index (χ1n) is 9.89. The van der Waals surface area contributed by atoms with E-state index < -0.39 is 10.0 Å². The van der Waals surface area contributed by atoms with Gasteiger partial charge in [-0.25, -0.2) is 13.4 Å². The fourth-order valence-electron chi connectivity index (χ4n) is 3.42. The van der Waals surface area contributed by atoms with Crippen LogP contribution >= 0.6 is 22.7 Å². The van der Waals surface area contributed by atoms with Crippen molar-refractivity contribution in [2.75, 3.05) is 18.4 Å². The van der Waals surface area contributed by atoms with E-state index in [0.29, 0.717) is 18.8 Å². The standard InChI is InChI=1S/C21H23N3O3S3/c25-20(13-18-15-29-21(23-18)16-9-12-28-14-16)22-17-5-7-19(8-6-17)30(26,27)24-10-3-1-2-4-11-24/h5-9,12,14-15H,1-4,10-11,13H2,(H,22,25). The molecular weight excluding hydrogens is 438 g/mol. The van der Waals surface area contributed by atoms with Gasteiger partial charge in [-0.05, 0) is 48.6 Å². The van der Waals surface area contributed by atoms with Crippen LogP contribution in [-0.2, 0) is 21.2 Å². The molecule has 6 nitrogen and oxygen atoms in total. The molecule has 0 spiro atoms. The van der Waals surface area contributed by atoms with E-state index in [0.717, 1.165) is 41.9 Å². The maximum atomic E-state index is 12.8. The second-order valence-electron chi connectivity index (χ2n) is 7.22. The van der Waals surface area contributed by atoms with Gasteiger partial charge < -0.3 is 5.32 Å². The molecule has 1 aliphatic rings. The molecule has 1 amide bonds. The topological polar surface area (TPSA) is 79.4 Å².